The molecule has 1 amide bonds. The van der Waals surface area contributed by atoms with Crippen molar-refractivity contribution in [1.29, 1.82) is 5.26 Å². The number of rotatable bonds is 7. The van der Waals surface area contributed by atoms with Crippen molar-refractivity contribution in [3.63, 3.8) is 0 Å². The Morgan fingerprint density at radius 2 is 2.10 bits per heavy atom. The van der Waals surface area contributed by atoms with Crippen LogP contribution in [0.3, 0.4) is 0 Å². The Balaban J connectivity index is 0.984. The van der Waals surface area contributed by atoms with Crippen LogP contribution in [0.25, 0.3) is 16.9 Å². The molecule has 3 N–H and O–H groups in total. The summed E-state index contributed by atoms with van der Waals surface area (Å²) in [5.74, 6) is 1.32. The molecule has 0 unspecified atom stereocenters. The number of aromatic amines is 1. The number of ether oxygens (including phenoxy) is 1. The van der Waals surface area contributed by atoms with Crippen molar-refractivity contribution in [2.75, 3.05) is 5.32 Å². The van der Waals surface area contributed by atoms with E-state index in [1.807, 2.05) is 16.8 Å². The Hall–Kier alpha value is -4.47. The predicted molar refractivity (Wildman–Crippen MR) is 144 cm³/mol. The number of aromatic nitrogens is 7. The summed E-state index contributed by atoms with van der Waals surface area (Å²) in [6.07, 6.45) is 9.63. The zero-order chi connectivity index (χ0) is 27.7. The van der Waals surface area contributed by atoms with Crippen LogP contribution in [0.5, 0.6) is 0 Å². The summed E-state index contributed by atoms with van der Waals surface area (Å²) in [6, 6.07) is 6.23. The second-order valence-corrected chi connectivity index (χ2v) is 11.8. The van der Waals surface area contributed by atoms with Crippen LogP contribution in [-0.4, -0.2) is 58.3 Å². The van der Waals surface area contributed by atoms with Gasteiger partial charge in [0.1, 0.15) is 18.3 Å². The molecule has 4 fully saturated rings. The number of alkyl halides is 1. The summed E-state index contributed by atoms with van der Waals surface area (Å²) in [5, 5.41) is 27.6. The van der Waals surface area contributed by atoms with Gasteiger partial charge in [-0.1, -0.05) is 0 Å². The lowest BCUT2D eigenvalue weighted by atomic mass is 9.53. The van der Waals surface area contributed by atoms with Crippen molar-refractivity contribution in [1.82, 2.24) is 39.7 Å². The predicted octanol–water partition coefficient (Wildman–Crippen LogP) is 4.52. The van der Waals surface area contributed by atoms with Crippen LogP contribution in [0.4, 0.5) is 21.0 Å². The zero-order valence-electron chi connectivity index (χ0n) is 22.3. The fourth-order valence-corrected chi connectivity index (χ4v) is 6.75. The normalized spacial score (nSPS) is 28.4. The molecule has 41 heavy (non-hydrogen) atoms. The van der Waals surface area contributed by atoms with Crippen LogP contribution in [-0.2, 0) is 4.74 Å². The van der Waals surface area contributed by atoms with Crippen molar-refractivity contribution >= 4 is 23.5 Å². The number of H-pyrrole nitrogens is 1. The second-order valence-electron chi connectivity index (χ2n) is 11.8. The summed E-state index contributed by atoms with van der Waals surface area (Å²) in [5.41, 5.74) is 3.18. The van der Waals surface area contributed by atoms with Crippen molar-refractivity contribution < 1.29 is 13.9 Å². The molecule has 4 aromatic heterocycles. The van der Waals surface area contributed by atoms with Gasteiger partial charge in [0.15, 0.2) is 17.2 Å². The Morgan fingerprint density at radius 1 is 1.24 bits per heavy atom. The maximum absolute atomic E-state index is 14.9. The van der Waals surface area contributed by atoms with E-state index in [-0.39, 0.29) is 23.6 Å². The molecule has 3 atom stereocenters. The van der Waals surface area contributed by atoms with Gasteiger partial charge in [-0.2, -0.15) is 15.5 Å². The first-order valence-corrected chi connectivity index (χ1v) is 14.3. The monoisotopic (exact) mass is 556 g/mol. The molecule has 0 spiro atoms. The van der Waals surface area contributed by atoms with Crippen LogP contribution in [0, 0.1) is 17.2 Å². The highest BCUT2D eigenvalue weighted by Gasteiger charge is 2.55. The third kappa shape index (κ3) is 4.03. The van der Waals surface area contributed by atoms with E-state index in [0.717, 1.165) is 55.5 Å². The van der Waals surface area contributed by atoms with Crippen LogP contribution >= 0.6 is 0 Å². The fourth-order valence-electron chi connectivity index (χ4n) is 6.75. The number of carbonyl (C=O) groups excluding carboxylic acids is 1. The third-order valence-electron chi connectivity index (χ3n) is 9.42. The molecule has 0 aliphatic heterocycles. The molecule has 0 radical (unpaired) electrons. The first-order valence-electron chi connectivity index (χ1n) is 14.3. The van der Waals surface area contributed by atoms with E-state index in [0.29, 0.717) is 35.8 Å². The number of fused-ring (bicyclic) bond motifs is 2. The number of imidazole rings is 1. The lowest BCUT2D eigenvalue weighted by Crippen LogP contribution is -2.66. The van der Waals surface area contributed by atoms with Crippen molar-refractivity contribution in [3.05, 3.63) is 42.1 Å². The van der Waals surface area contributed by atoms with Gasteiger partial charge in [-0.05, 0) is 63.4 Å². The van der Waals surface area contributed by atoms with E-state index in [1.54, 1.807) is 23.0 Å². The molecule has 4 aliphatic rings. The minimum Gasteiger partial charge on any atom is -0.443 e. The average molecular weight is 557 g/mol. The van der Waals surface area contributed by atoms with Crippen LogP contribution in [0.2, 0.25) is 0 Å². The van der Waals surface area contributed by atoms with Gasteiger partial charge in [0.05, 0.1) is 23.5 Å². The Bertz CT molecular complexity index is 1690. The Kier molecular flexibility index (Phi) is 5.35. The number of nitrogens with zero attached hydrogens (tertiary/aromatic N) is 7. The summed E-state index contributed by atoms with van der Waals surface area (Å²) in [6.45, 7) is 0. The molecule has 13 heteroatoms. The summed E-state index contributed by atoms with van der Waals surface area (Å²) >= 11 is 0. The lowest BCUT2D eigenvalue weighted by molar-refractivity contribution is -0.0275. The van der Waals surface area contributed by atoms with Crippen molar-refractivity contribution in [2.24, 2.45) is 5.92 Å². The molecule has 12 nitrogen and oxygen atoms in total. The van der Waals surface area contributed by atoms with Gasteiger partial charge in [0.25, 0.3) is 0 Å². The van der Waals surface area contributed by atoms with Gasteiger partial charge in [-0.25, -0.2) is 19.2 Å². The minimum atomic E-state index is -1.24. The maximum Gasteiger partial charge on any atom is 0.407 e. The average Bonchev–Trinajstić information content (AvgIpc) is 3.34. The van der Waals surface area contributed by atoms with Crippen molar-refractivity contribution in [3.8, 4) is 17.3 Å². The van der Waals surface area contributed by atoms with Gasteiger partial charge in [0.2, 0.25) is 5.95 Å². The van der Waals surface area contributed by atoms with Crippen LogP contribution in [0.15, 0.2) is 30.7 Å². The molecule has 0 aromatic carbocycles. The molecule has 8 rings (SSSR count). The van der Waals surface area contributed by atoms with E-state index in [4.69, 9.17) is 4.74 Å². The summed E-state index contributed by atoms with van der Waals surface area (Å²) in [4.78, 5) is 21.6. The summed E-state index contributed by atoms with van der Waals surface area (Å²) < 4.78 is 24.2. The number of nitrogens with one attached hydrogen (secondary N) is 3. The number of amides is 1. The first kappa shape index (κ1) is 24.3. The van der Waals surface area contributed by atoms with Crippen LogP contribution < -0.4 is 10.6 Å². The molecule has 4 saturated carbocycles. The molecule has 0 saturated heterocycles. The van der Waals surface area contributed by atoms with Crippen molar-refractivity contribution in [2.45, 2.75) is 81.1 Å². The molecular weight excluding hydrogens is 527 g/mol. The minimum absolute atomic E-state index is 0.107. The SMILES string of the molecule is N#Cc1cn2c(Nc3cc([C@H]4C[C@@H](F)[C@@H](OC(=O)NC56CCC5CC6)C4)[nH]n3)ncc(-c3ccnn3C3CC3)c2n1. The fraction of sp³-hybridized carbons (Fsp3) is 0.500. The second kappa shape index (κ2) is 9.02. The molecule has 0 bridgehead atoms. The van der Waals surface area contributed by atoms with Gasteiger partial charge in [-0.15, -0.1) is 0 Å². The van der Waals surface area contributed by atoms with Gasteiger partial charge in [0, 0.05) is 35.6 Å². The highest BCUT2D eigenvalue weighted by Crippen LogP contribution is 2.53. The molecule has 4 heterocycles. The van der Waals surface area contributed by atoms with E-state index in [2.05, 4.69) is 42.0 Å². The highest BCUT2D eigenvalue weighted by atomic mass is 19.1. The molecule has 210 valence electrons. The number of alkyl carbamates (subject to hydrolysis) is 1. The first-order chi connectivity index (χ1) is 20.0. The summed E-state index contributed by atoms with van der Waals surface area (Å²) in [7, 11) is 0. The standard InChI is InChI=1S/C28H29FN10O2/c29-20-9-15(10-23(20)41-27(40)35-28-6-3-16(28)4-7-28)21-11-24(37-36-21)34-26-31-13-19(25-33-17(12-30)14-38(25)26)22-5-8-32-39(22)18-1-2-18/h5,8,11,13-16,18,20,23H,1-4,6-7,9-10H2,(H,35,40)(H2,31,34,36,37)/t15-,16?,20+,23-,28?/m0/s1. The molecule has 4 aromatic rings. The lowest BCUT2D eigenvalue weighted by Gasteiger charge is -2.58. The van der Waals surface area contributed by atoms with Gasteiger partial charge < -0.3 is 15.4 Å². The number of nitriles is 1. The van der Waals surface area contributed by atoms with Gasteiger partial charge >= 0.3 is 6.09 Å². The van der Waals surface area contributed by atoms with Crippen LogP contribution in [0.1, 0.15) is 74.7 Å². The number of halogens is 1. The molecular formula is C28H29FN10O2. The number of anilines is 2. The molecule has 4 aliphatic carbocycles. The Morgan fingerprint density at radius 3 is 2.83 bits per heavy atom. The van der Waals surface area contributed by atoms with E-state index < -0.39 is 18.4 Å². The van der Waals surface area contributed by atoms with E-state index in [1.165, 1.54) is 0 Å². The quantitative estimate of drug-likeness (QED) is 0.301. The van der Waals surface area contributed by atoms with E-state index >= 15 is 0 Å². The van der Waals surface area contributed by atoms with Gasteiger partial charge in [-0.3, -0.25) is 14.2 Å². The smallest absolute Gasteiger partial charge is 0.407 e. The third-order valence-corrected chi connectivity index (χ3v) is 9.42. The topological polar surface area (TPSA) is 151 Å². The highest BCUT2D eigenvalue weighted by molar-refractivity contribution is 5.77. The zero-order valence-corrected chi connectivity index (χ0v) is 22.3. The number of carbonyl (C=O) groups is 1. The Labute approximate surface area is 234 Å². The number of hydrogen-bond donors (Lipinski definition) is 3. The van der Waals surface area contributed by atoms with E-state index in [9.17, 15) is 14.4 Å². The largest absolute Gasteiger partial charge is 0.443 e. The number of hydrogen-bond acceptors (Lipinski definition) is 8. The maximum atomic E-state index is 14.9.